The zero-order valence-corrected chi connectivity index (χ0v) is 10.4. The van der Waals surface area contributed by atoms with Gasteiger partial charge in [-0.1, -0.05) is 29.3 Å². The normalized spacial score (nSPS) is 11.2. The van der Waals surface area contributed by atoms with Crippen molar-refractivity contribution in [3.63, 3.8) is 0 Å². The van der Waals surface area contributed by atoms with E-state index in [1.165, 1.54) is 18.2 Å². The van der Waals surface area contributed by atoms with Gasteiger partial charge < -0.3 is 4.84 Å². The van der Waals surface area contributed by atoms with Crippen molar-refractivity contribution in [1.29, 1.82) is 0 Å². The Hall–Kier alpha value is -0.820. The molecule has 88 valence electrons. The minimum Gasteiger partial charge on any atom is -0.356 e. The van der Waals surface area contributed by atoms with Crippen molar-refractivity contribution < 1.29 is 18.0 Å². The number of benzene rings is 1. The topological polar surface area (TPSA) is 72.5 Å². The number of hydrogen-bond acceptors (Lipinski definition) is 4. The highest BCUT2D eigenvalue weighted by molar-refractivity contribution is 7.89. The summed E-state index contributed by atoms with van der Waals surface area (Å²) in [7, 11) is -4.07. The lowest BCUT2D eigenvalue weighted by Gasteiger charge is -2.08. The first kappa shape index (κ1) is 13.2. The van der Waals surface area contributed by atoms with Gasteiger partial charge >= 0.3 is 5.97 Å². The summed E-state index contributed by atoms with van der Waals surface area (Å²) >= 11 is 11.4. The molecule has 0 amide bonds. The molecule has 0 aromatic heterocycles. The molecule has 16 heavy (non-hydrogen) atoms. The molecular weight excluding hydrogens is 277 g/mol. The number of carbonyl (C=O) groups excluding carboxylic acids is 1. The van der Waals surface area contributed by atoms with Gasteiger partial charge in [0, 0.05) is 6.92 Å². The van der Waals surface area contributed by atoms with Gasteiger partial charge in [-0.2, -0.15) is 0 Å². The highest BCUT2D eigenvalue weighted by atomic mass is 35.5. The maximum atomic E-state index is 11.6. The standard InChI is InChI=1S/C8H7Cl2NO4S/c1-5(12)15-11-16(13,14)8-6(9)3-2-4-7(8)10/h2-4,11H,1H3. The van der Waals surface area contributed by atoms with Crippen molar-refractivity contribution in [2.45, 2.75) is 11.8 Å². The fourth-order valence-corrected chi connectivity index (χ4v) is 2.86. The Morgan fingerprint density at radius 2 is 1.81 bits per heavy atom. The van der Waals surface area contributed by atoms with Gasteiger partial charge in [0.25, 0.3) is 10.0 Å². The molecule has 0 fully saturated rings. The largest absolute Gasteiger partial charge is 0.356 e. The summed E-state index contributed by atoms with van der Waals surface area (Å²) in [5.74, 6) is -0.799. The van der Waals surface area contributed by atoms with E-state index in [-0.39, 0.29) is 14.9 Å². The molecule has 0 aliphatic heterocycles. The molecule has 0 saturated carbocycles. The van der Waals surface area contributed by atoms with E-state index in [1.807, 2.05) is 0 Å². The summed E-state index contributed by atoms with van der Waals surface area (Å²) in [5.41, 5.74) is 0. The third kappa shape index (κ3) is 3.08. The van der Waals surface area contributed by atoms with Crippen molar-refractivity contribution in [1.82, 2.24) is 4.89 Å². The van der Waals surface area contributed by atoms with E-state index in [9.17, 15) is 13.2 Å². The second-order valence-corrected chi connectivity index (χ2v) is 5.13. The molecule has 1 N–H and O–H groups in total. The fourth-order valence-electron chi connectivity index (χ4n) is 0.894. The Morgan fingerprint density at radius 3 is 2.25 bits per heavy atom. The number of halogens is 2. The van der Waals surface area contributed by atoms with Crippen LogP contribution in [0.1, 0.15) is 6.92 Å². The molecule has 1 aromatic carbocycles. The van der Waals surface area contributed by atoms with Crippen LogP contribution >= 0.6 is 23.2 Å². The third-order valence-electron chi connectivity index (χ3n) is 1.48. The second-order valence-electron chi connectivity index (χ2n) is 2.73. The fraction of sp³-hybridized carbons (Fsp3) is 0.125. The predicted octanol–water partition coefficient (Wildman–Crippen LogP) is 1.75. The Bertz CT molecular complexity index is 495. The molecule has 0 bridgehead atoms. The summed E-state index contributed by atoms with van der Waals surface area (Å²) in [4.78, 5) is 15.9. The van der Waals surface area contributed by atoms with Crippen LogP contribution in [0.25, 0.3) is 0 Å². The molecule has 0 radical (unpaired) electrons. The van der Waals surface area contributed by atoms with Gasteiger partial charge in [-0.25, -0.2) is 8.42 Å². The maximum absolute atomic E-state index is 11.6. The lowest BCUT2D eigenvalue weighted by molar-refractivity contribution is -0.144. The van der Waals surface area contributed by atoms with Crippen LogP contribution in [0.5, 0.6) is 0 Å². The second kappa shape index (κ2) is 5.01. The van der Waals surface area contributed by atoms with Gasteiger partial charge in [-0.3, -0.25) is 4.79 Å². The van der Waals surface area contributed by atoms with Gasteiger partial charge in [0.2, 0.25) is 0 Å². The zero-order chi connectivity index (χ0) is 12.3. The van der Waals surface area contributed by atoms with Crippen LogP contribution < -0.4 is 4.89 Å². The smallest absolute Gasteiger partial charge is 0.323 e. The van der Waals surface area contributed by atoms with Gasteiger partial charge in [0.15, 0.2) is 0 Å². The van der Waals surface area contributed by atoms with E-state index in [2.05, 4.69) is 4.84 Å². The minimum absolute atomic E-state index is 0.0628. The van der Waals surface area contributed by atoms with E-state index < -0.39 is 16.0 Å². The van der Waals surface area contributed by atoms with Crippen LogP contribution in [-0.4, -0.2) is 14.4 Å². The highest BCUT2D eigenvalue weighted by Crippen LogP contribution is 2.28. The molecule has 0 saturated heterocycles. The number of rotatable bonds is 3. The van der Waals surface area contributed by atoms with E-state index in [1.54, 1.807) is 4.89 Å². The Balaban J connectivity index is 3.12. The molecule has 0 aliphatic carbocycles. The summed E-state index contributed by atoms with van der Waals surface area (Å²) in [6.45, 7) is 1.05. The average Bonchev–Trinajstić information content (AvgIpc) is 2.14. The van der Waals surface area contributed by atoms with E-state index >= 15 is 0 Å². The molecule has 0 atom stereocenters. The number of sulfonamides is 1. The van der Waals surface area contributed by atoms with Crippen LogP contribution in [0, 0.1) is 0 Å². The van der Waals surface area contributed by atoms with E-state index in [4.69, 9.17) is 23.2 Å². The maximum Gasteiger partial charge on any atom is 0.323 e. The quantitative estimate of drug-likeness (QED) is 0.858. The first-order valence-electron chi connectivity index (χ1n) is 3.98. The number of hydrogen-bond donors (Lipinski definition) is 1. The lowest BCUT2D eigenvalue weighted by atomic mass is 10.4. The number of nitrogens with one attached hydrogen (secondary N) is 1. The highest BCUT2D eigenvalue weighted by Gasteiger charge is 2.22. The minimum atomic E-state index is -4.07. The molecule has 0 spiro atoms. The van der Waals surface area contributed by atoms with Crippen LogP contribution in [0.3, 0.4) is 0 Å². The van der Waals surface area contributed by atoms with Crippen molar-refractivity contribution in [2.24, 2.45) is 0 Å². The lowest BCUT2D eigenvalue weighted by Crippen LogP contribution is -2.26. The van der Waals surface area contributed by atoms with Crippen molar-refractivity contribution in [2.75, 3.05) is 0 Å². The number of carbonyl (C=O) groups is 1. The molecule has 0 heterocycles. The SMILES string of the molecule is CC(=O)ONS(=O)(=O)c1c(Cl)cccc1Cl. The Kier molecular flexibility index (Phi) is 4.15. The van der Waals surface area contributed by atoms with Crippen LogP contribution in [0.4, 0.5) is 0 Å². The molecular formula is C8H7Cl2NO4S. The Labute approximate surface area is 102 Å². The van der Waals surface area contributed by atoms with Crippen LogP contribution in [-0.2, 0) is 19.7 Å². The van der Waals surface area contributed by atoms with Gasteiger partial charge in [0.1, 0.15) is 4.90 Å². The molecule has 0 aliphatic rings. The van der Waals surface area contributed by atoms with Crippen molar-refractivity contribution in [3.05, 3.63) is 28.2 Å². The average molecular weight is 284 g/mol. The van der Waals surface area contributed by atoms with Crippen molar-refractivity contribution in [3.8, 4) is 0 Å². The molecule has 1 aromatic rings. The van der Waals surface area contributed by atoms with Gasteiger partial charge in [-0.15, -0.1) is 0 Å². The monoisotopic (exact) mass is 283 g/mol. The van der Waals surface area contributed by atoms with Crippen molar-refractivity contribution >= 4 is 39.2 Å². The zero-order valence-electron chi connectivity index (χ0n) is 8.03. The third-order valence-corrected chi connectivity index (χ3v) is 3.62. The first-order valence-corrected chi connectivity index (χ1v) is 6.22. The van der Waals surface area contributed by atoms with E-state index in [0.29, 0.717) is 0 Å². The molecule has 1 rings (SSSR count). The summed E-state index contributed by atoms with van der Waals surface area (Å²) in [5, 5.41) is -0.126. The summed E-state index contributed by atoms with van der Waals surface area (Å²) in [6.07, 6.45) is 0. The summed E-state index contributed by atoms with van der Waals surface area (Å²) in [6, 6.07) is 4.21. The van der Waals surface area contributed by atoms with E-state index in [0.717, 1.165) is 6.92 Å². The molecule has 5 nitrogen and oxygen atoms in total. The van der Waals surface area contributed by atoms with Gasteiger partial charge in [0.05, 0.1) is 10.0 Å². The Morgan fingerprint density at radius 1 is 1.31 bits per heavy atom. The van der Waals surface area contributed by atoms with Gasteiger partial charge in [-0.05, 0) is 17.0 Å². The summed E-state index contributed by atoms with van der Waals surface area (Å²) < 4.78 is 23.2. The molecule has 0 unspecified atom stereocenters. The first-order chi connectivity index (χ1) is 7.34. The van der Waals surface area contributed by atoms with Crippen LogP contribution in [0.15, 0.2) is 23.1 Å². The van der Waals surface area contributed by atoms with Crippen LogP contribution in [0.2, 0.25) is 10.0 Å². The predicted molar refractivity (Wildman–Crippen MR) is 58.5 cm³/mol. The molecule has 8 heteroatoms.